The number of rotatable bonds is 7. The van der Waals surface area contributed by atoms with Gasteiger partial charge in [0.15, 0.2) is 5.75 Å². The van der Waals surface area contributed by atoms with Crippen LogP contribution in [0.4, 0.5) is 11.4 Å². The molecule has 0 atom stereocenters. The van der Waals surface area contributed by atoms with E-state index in [-0.39, 0.29) is 10.6 Å². The van der Waals surface area contributed by atoms with Crippen molar-refractivity contribution in [3.05, 3.63) is 28.3 Å². The van der Waals surface area contributed by atoms with Crippen molar-refractivity contribution in [3.8, 4) is 5.75 Å². The summed E-state index contributed by atoms with van der Waals surface area (Å²) in [5.74, 6) is 1.07. The zero-order valence-electron chi connectivity index (χ0n) is 13.4. The number of ether oxygens (including phenoxy) is 1. The van der Waals surface area contributed by atoms with Crippen LogP contribution in [0.2, 0.25) is 0 Å². The van der Waals surface area contributed by atoms with Crippen LogP contribution in [0.15, 0.2) is 18.2 Å². The Labute approximate surface area is 131 Å². The molecule has 1 aromatic rings. The van der Waals surface area contributed by atoms with Gasteiger partial charge in [-0.05, 0) is 57.8 Å². The SMILES string of the molecule is CCOc1cccc(N2CCC(CCNC)CC2)c1[N+](=O)[O-]. The van der Waals surface area contributed by atoms with Crippen LogP contribution in [0.5, 0.6) is 5.75 Å². The highest BCUT2D eigenvalue weighted by atomic mass is 16.6. The zero-order valence-corrected chi connectivity index (χ0v) is 13.4. The molecular weight excluding hydrogens is 282 g/mol. The highest BCUT2D eigenvalue weighted by molar-refractivity contribution is 5.70. The first kappa shape index (κ1) is 16.5. The molecule has 122 valence electrons. The topological polar surface area (TPSA) is 67.6 Å². The molecule has 0 radical (unpaired) electrons. The lowest BCUT2D eigenvalue weighted by molar-refractivity contribution is -0.385. The van der Waals surface area contributed by atoms with E-state index in [0.29, 0.717) is 24.0 Å². The molecule has 1 aliphatic heterocycles. The van der Waals surface area contributed by atoms with Crippen LogP contribution in [0.1, 0.15) is 26.2 Å². The van der Waals surface area contributed by atoms with Crippen molar-refractivity contribution < 1.29 is 9.66 Å². The third-order valence-electron chi connectivity index (χ3n) is 4.22. The van der Waals surface area contributed by atoms with E-state index in [9.17, 15) is 10.1 Å². The highest BCUT2D eigenvalue weighted by Crippen LogP contribution is 2.38. The van der Waals surface area contributed by atoms with Gasteiger partial charge < -0.3 is 15.0 Å². The third-order valence-corrected chi connectivity index (χ3v) is 4.22. The second kappa shape index (κ2) is 7.98. The molecule has 6 nitrogen and oxygen atoms in total. The first-order valence-electron chi connectivity index (χ1n) is 7.97. The van der Waals surface area contributed by atoms with E-state index in [4.69, 9.17) is 4.74 Å². The Hall–Kier alpha value is -1.82. The number of nitro benzene ring substituents is 1. The molecule has 22 heavy (non-hydrogen) atoms. The van der Waals surface area contributed by atoms with Gasteiger partial charge in [0.2, 0.25) is 0 Å². The molecule has 1 aromatic carbocycles. The fourth-order valence-electron chi connectivity index (χ4n) is 3.03. The van der Waals surface area contributed by atoms with Crippen LogP contribution in [0, 0.1) is 16.0 Å². The minimum atomic E-state index is -0.326. The molecule has 0 bridgehead atoms. The van der Waals surface area contributed by atoms with Gasteiger partial charge in [-0.25, -0.2) is 0 Å². The summed E-state index contributed by atoms with van der Waals surface area (Å²) in [6, 6.07) is 5.33. The Bertz CT molecular complexity index is 499. The third kappa shape index (κ3) is 3.88. The van der Waals surface area contributed by atoms with Gasteiger partial charge in [0, 0.05) is 13.1 Å². The molecule has 1 saturated heterocycles. The van der Waals surface area contributed by atoms with E-state index in [0.717, 1.165) is 32.5 Å². The summed E-state index contributed by atoms with van der Waals surface area (Å²) < 4.78 is 5.43. The molecule has 6 heteroatoms. The monoisotopic (exact) mass is 307 g/mol. The molecule has 1 N–H and O–H groups in total. The molecule has 0 saturated carbocycles. The normalized spacial score (nSPS) is 15.8. The smallest absolute Gasteiger partial charge is 0.333 e. The summed E-state index contributed by atoms with van der Waals surface area (Å²) in [5, 5.41) is 14.6. The fourth-order valence-corrected chi connectivity index (χ4v) is 3.03. The second-order valence-corrected chi connectivity index (χ2v) is 5.64. The van der Waals surface area contributed by atoms with Crippen molar-refractivity contribution in [3.63, 3.8) is 0 Å². The Kier molecular flexibility index (Phi) is 6.00. The van der Waals surface area contributed by atoms with E-state index in [1.54, 1.807) is 6.07 Å². The lowest BCUT2D eigenvalue weighted by atomic mass is 9.93. The van der Waals surface area contributed by atoms with Crippen LogP contribution in [-0.4, -0.2) is 38.2 Å². The van der Waals surface area contributed by atoms with E-state index in [1.165, 1.54) is 6.42 Å². The highest BCUT2D eigenvalue weighted by Gasteiger charge is 2.27. The second-order valence-electron chi connectivity index (χ2n) is 5.64. The molecule has 0 aliphatic carbocycles. The van der Waals surface area contributed by atoms with Gasteiger partial charge in [-0.2, -0.15) is 0 Å². The molecular formula is C16H25N3O3. The Morgan fingerprint density at radius 1 is 1.41 bits per heavy atom. The lowest BCUT2D eigenvalue weighted by Crippen LogP contribution is -2.34. The predicted molar refractivity (Wildman–Crippen MR) is 87.7 cm³/mol. The van der Waals surface area contributed by atoms with Gasteiger partial charge >= 0.3 is 5.69 Å². The number of hydrogen-bond acceptors (Lipinski definition) is 5. The Morgan fingerprint density at radius 2 is 2.14 bits per heavy atom. The van der Waals surface area contributed by atoms with E-state index < -0.39 is 0 Å². The van der Waals surface area contributed by atoms with Crippen molar-refractivity contribution in [1.82, 2.24) is 5.32 Å². The molecule has 0 amide bonds. The summed E-state index contributed by atoms with van der Waals surface area (Å²) in [6.45, 7) is 5.03. The van der Waals surface area contributed by atoms with E-state index in [1.807, 2.05) is 26.1 Å². The number of nitrogens with one attached hydrogen (secondary N) is 1. The molecule has 0 aromatic heterocycles. The van der Waals surface area contributed by atoms with Gasteiger partial charge in [-0.15, -0.1) is 0 Å². The average Bonchev–Trinajstić information content (AvgIpc) is 2.53. The predicted octanol–water partition coefficient (Wildman–Crippen LogP) is 2.82. The van der Waals surface area contributed by atoms with Gasteiger partial charge in [0.1, 0.15) is 5.69 Å². The number of benzene rings is 1. The first-order chi connectivity index (χ1) is 10.7. The standard InChI is InChI=1S/C16H25N3O3/c1-3-22-15-6-4-5-14(16(15)19(20)21)18-11-8-13(9-12-18)7-10-17-2/h4-6,13,17H,3,7-12H2,1-2H3. The molecule has 1 fully saturated rings. The maximum absolute atomic E-state index is 11.5. The van der Waals surface area contributed by atoms with E-state index in [2.05, 4.69) is 10.2 Å². The van der Waals surface area contributed by atoms with Crippen molar-refractivity contribution >= 4 is 11.4 Å². The van der Waals surface area contributed by atoms with Crippen LogP contribution in [0.3, 0.4) is 0 Å². The van der Waals surface area contributed by atoms with Crippen LogP contribution < -0.4 is 15.0 Å². The number of nitrogens with zero attached hydrogens (tertiary/aromatic N) is 2. The summed E-state index contributed by atoms with van der Waals surface area (Å²) in [4.78, 5) is 13.3. The summed E-state index contributed by atoms with van der Waals surface area (Å²) in [5.41, 5.74) is 0.779. The van der Waals surface area contributed by atoms with Crippen molar-refractivity contribution in [2.45, 2.75) is 26.2 Å². The Balaban J connectivity index is 2.12. The first-order valence-corrected chi connectivity index (χ1v) is 7.97. The summed E-state index contributed by atoms with van der Waals surface area (Å²) in [6.07, 6.45) is 3.33. The van der Waals surface area contributed by atoms with Crippen molar-refractivity contribution in [2.75, 3.05) is 38.2 Å². The minimum Gasteiger partial charge on any atom is -0.487 e. The maximum atomic E-state index is 11.5. The number of anilines is 1. The maximum Gasteiger partial charge on any atom is 0.333 e. The van der Waals surface area contributed by atoms with Gasteiger partial charge in [-0.3, -0.25) is 10.1 Å². The van der Waals surface area contributed by atoms with Crippen molar-refractivity contribution in [1.29, 1.82) is 0 Å². The molecule has 2 rings (SSSR count). The quantitative estimate of drug-likeness (QED) is 0.620. The van der Waals surface area contributed by atoms with Crippen LogP contribution in [0.25, 0.3) is 0 Å². The number of piperidine rings is 1. The van der Waals surface area contributed by atoms with Crippen LogP contribution in [-0.2, 0) is 0 Å². The molecule has 0 unspecified atom stereocenters. The van der Waals surface area contributed by atoms with Gasteiger partial charge in [0.25, 0.3) is 0 Å². The fraction of sp³-hybridized carbons (Fsp3) is 0.625. The number of para-hydroxylation sites is 1. The molecule has 1 heterocycles. The van der Waals surface area contributed by atoms with Crippen molar-refractivity contribution in [2.24, 2.45) is 5.92 Å². The van der Waals surface area contributed by atoms with E-state index >= 15 is 0 Å². The van der Waals surface area contributed by atoms with Crippen LogP contribution >= 0.6 is 0 Å². The molecule has 1 aliphatic rings. The zero-order chi connectivity index (χ0) is 15.9. The minimum absolute atomic E-state index is 0.0954. The number of nitro groups is 1. The number of hydrogen-bond donors (Lipinski definition) is 1. The lowest BCUT2D eigenvalue weighted by Gasteiger charge is -2.33. The Morgan fingerprint density at radius 3 is 2.73 bits per heavy atom. The summed E-state index contributed by atoms with van der Waals surface area (Å²) >= 11 is 0. The van der Waals surface area contributed by atoms with Gasteiger partial charge in [0.05, 0.1) is 11.5 Å². The van der Waals surface area contributed by atoms with Gasteiger partial charge in [-0.1, -0.05) is 6.07 Å². The molecule has 0 spiro atoms. The largest absolute Gasteiger partial charge is 0.487 e. The summed E-state index contributed by atoms with van der Waals surface area (Å²) in [7, 11) is 1.97. The average molecular weight is 307 g/mol.